The number of carbonyl (C=O) groups excluding carboxylic acids is 1. The molecule has 14 heavy (non-hydrogen) atoms. The van der Waals surface area contributed by atoms with E-state index in [1.807, 2.05) is 11.8 Å². The quantitative estimate of drug-likeness (QED) is 0.665. The minimum Gasteiger partial charge on any atom is -0.469 e. The summed E-state index contributed by atoms with van der Waals surface area (Å²) in [5, 5.41) is 0. The fourth-order valence-corrected chi connectivity index (χ4v) is 2.50. The molecule has 0 aliphatic carbocycles. The number of hydrogen-bond acceptors (Lipinski definition) is 4. The summed E-state index contributed by atoms with van der Waals surface area (Å²) >= 11 is 2.03. The normalized spacial score (nSPS) is 18.9. The molecule has 0 aromatic heterocycles. The first-order chi connectivity index (χ1) is 6.83. The van der Waals surface area contributed by atoms with E-state index in [0.717, 1.165) is 13.0 Å². The Kier molecular flexibility index (Phi) is 6.03. The Labute approximate surface area is 90.2 Å². The van der Waals surface area contributed by atoms with Gasteiger partial charge in [-0.3, -0.25) is 4.79 Å². The lowest BCUT2D eigenvalue weighted by Crippen LogP contribution is -2.27. The third-order valence-corrected chi connectivity index (χ3v) is 3.45. The molecular weight excluding hydrogens is 198 g/mol. The molecule has 3 nitrogen and oxygen atoms in total. The van der Waals surface area contributed by atoms with E-state index < -0.39 is 0 Å². The van der Waals surface area contributed by atoms with E-state index in [0.29, 0.717) is 6.42 Å². The molecule has 0 radical (unpaired) electrons. The summed E-state index contributed by atoms with van der Waals surface area (Å²) in [7, 11) is 1.45. The zero-order chi connectivity index (χ0) is 10.2. The second kappa shape index (κ2) is 7.12. The number of nitrogens with zero attached hydrogens (tertiary/aromatic N) is 1. The highest BCUT2D eigenvalue weighted by molar-refractivity contribution is 7.99. The van der Waals surface area contributed by atoms with Crippen LogP contribution in [0.4, 0.5) is 0 Å². The third kappa shape index (κ3) is 4.86. The van der Waals surface area contributed by atoms with Gasteiger partial charge in [-0.2, -0.15) is 11.8 Å². The number of hydrogen-bond donors (Lipinski definition) is 0. The molecule has 0 N–H and O–H groups in total. The standard InChI is InChI=1S/C10H19NO2S/c1-13-10(12)4-2-5-11-6-3-8-14-9-7-11/h2-9H2,1H3. The van der Waals surface area contributed by atoms with Crippen molar-refractivity contribution in [2.75, 3.05) is 38.2 Å². The fraction of sp³-hybridized carbons (Fsp3) is 0.900. The first-order valence-corrected chi connectivity index (χ1v) is 6.35. The van der Waals surface area contributed by atoms with Gasteiger partial charge in [0.25, 0.3) is 0 Å². The monoisotopic (exact) mass is 217 g/mol. The van der Waals surface area contributed by atoms with Crippen molar-refractivity contribution in [3.05, 3.63) is 0 Å². The van der Waals surface area contributed by atoms with Gasteiger partial charge in [-0.1, -0.05) is 0 Å². The van der Waals surface area contributed by atoms with Crippen LogP contribution < -0.4 is 0 Å². The van der Waals surface area contributed by atoms with Gasteiger partial charge in [-0.25, -0.2) is 0 Å². The van der Waals surface area contributed by atoms with Crippen LogP contribution in [-0.2, 0) is 9.53 Å². The van der Waals surface area contributed by atoms with Gasteiger partial charge < -0.3 is 9.64 Å². The van der Waals surface area contributed by atoms with Crippen molar-refractivity contribution in [2.45, 2.75) is 19.3 Å². The van der Waals surface area contributed by atoms with Crippen LogP contribution in [0.1, 0.15) is 19.3 Å². The average molecular weight is 217 g/mol. The summed E-state index contributed by atoms with van der Waals surface area (Å²) in [6.45, 7) is 3.40. The summed E-state index contributed by atoms with van der Waals surface area (Å²) in [6, 6.07) is 0. The topological polar surface area (TPSA) is 29.5 Å². The Morgan fingerprint density at radius 3 is 3.07 bits per heavy atom. The lowest BCUT2D eigenvalue weighted by molar-refractivity contribution is -0.140. The largest absolute Gasteiger partial charge is 0.469 e. The Bertz CT molecular complexity index is 168. The van der Waals surface area contributed by atoms with E-state index >= 15 is 0 Å². The molecule has 0 unspecified atom stereocenters. The fourth-order valence-electron chi connectivity index (χ4n) is 1.57. The highest BCUT2D eigenvalue weighted by Gasteiger charge is 2.09. The van der Waals surface area contributed by atoms with E-state index in [1.54, 1.807) is 0 Å². The summed E-state index contributed by atoms with van der Waals surface area (Å²) in [6.07, 6.45) is 2.76. The number of rotatable bonds is 4. The zero-order valence-corrected chi connectivity index (χ0v) is 9.65. The van der Waals surface area contributed by atoms with Crippen LogP contribution in [0, 0.1) is 0 Å². The van der Waals surface area contributed by atoms with Crippen LogP contribution >= 0.6 is 11.8 Å². The number of esters is 1. The molecule has 1 heterocycles. The number of methoxy groups -OCH3 is 1. The molecule has 0 aromatic carbocycles. The number of carbonyl (C=O) groups is 1. The first-order valence-electron chi connectivity index (χ1n) is 5.20. The molecule has 4 heteroatoms. The predicted molar refractivity (Wildman–Crippen MR) is 59.6 cm³/mol. The summed E-state index contributed by atoms with van der Waals surface area (Å²) in [5.74, 6) is 2.43. The lowest BCUT2D eigenvalue weighted by atomic mass is 10.3. The molecule has 0 aromatic rings. The van der Waals surface area contributed by atoms with Gasteiger partial charge in [0, 0.05) is 18.7 Å². The predicted octanol–water partition coefficient (Wildman–Crippen LogP) is 1.38. The van der Waals surface area contributed by atoms with E-state index in [1.165, 1.54) is 38.1 Å². The molecule has 1 aliphatic rings. The maximum absolute atomic E-state index is 10.9. The van der Waals surface area contributed by atoms with Gasteiger partial charge in [0.15, 0.2) is 0 Å². The maximum atomic E-state index is 10.9. The van der Waals surface area contributed by atoms with E-state index in [4.69, 9.17) is 0 Å². The Morgan fingerprint density at radius 2 is 2.29 bits per heavy atom. The Balaban J connectivity index is 2.07. The number of thioether (sulfide) groups is 1. The van der Waals surface area contributed by atoms with Crippen molar-refractivity contribution in [3.63, 3.8) is 0 Å². The van der Waals surface area contributed by atoms with Crippen LogP contribution in [0.15, 0.2) is 0 Å². The average Bonchev–Trinajstić information content (AvgIpc) is 2.46. The van der Waals surface area contributed by atoms with Gasteiger partial charge in [-0.15, -0.1) is 0 Å². The lowest BCUT2D eigenvalue weighted by Gasteiger charge is -2.18. The van der Waals surface area contributed by atoms with Crippen molar-refractivity contribution in [3.8, 4) is 0 Å². The first kappa shape index (κ1) is 11.9. The van der Waals surface area contributed by atoms with Crippen LogP contribution in [0.25, 0.3) is 0 Å². The highest BCUT2D eigenvalue weighted by Crippen LogP contribution is 2.10. The smallest absolute Gasteiger partial charge is 0.305 e. The van der Waals surface area contributed by atoms with Gasteiger partial charge in [0.2, 0.25) is 0 Å². The third-order valence-electron chi connectivity index (χ3n) is 2.40. The number of ether oxygens (including phenoxy) is 1. The summed E-state index contributed by atoms with van der Waals surface area (Å²) in [4.78, 5) is 13.3. The maximum Gasteiger partial charge on any atom is 0.305 e. The molecular formula is C10H19NO2S. The molecule has 0 spiro atoms. The second-order valence-corrected chi connectivity index (χ2v) is 4.71. The molecule has 0 bridgehead atoms. The van der Waals surface area contributed by atoms with Crippen LogP contribution in [0.5, 0.6) is 0 Å². The van der Waals surface area contributed by atoms with Gasteiger partial charge in [0.05, 0.1) is 7.11 Å². The Hall–Kier alpha value is -0.220. The zero-order valence-electron chi connectivity index (χ0n) is 8.83. The molecule has 1 fully saturated rings. The Morgan fingerprint density at radius 1 is 1.43 bits per heavy atom. The molecule has 1 saturated heterocycles. The summed E-state index contributed by atoms with van der Waals surface area (Å²) in [5.41, 5.74) is 0. The summed E-state index contributed by atoms with van der Waals surface area (Å²) < 4.78 is 4.60. The van der Waals surface area contributed by atoms with Crippen molar-refractivity contribution >= 4 is 17.7 Å². The van der Waals surface area contributed by atoms with Gasteiger partial charge in [0.1, 0.15) is 0 Å². The van der Waals surface area contributed by atoms with Crippen molar-refractivity contribution in [1.29, 1.82) is 0 Å². The van der Waals surface area contributed by atoms with Gasteiger partial charge >= 0.3 is 5.97 Å². The SMILES string of the molecule is COC(=O)CCCN1CCCSCC1. The van der Waals surface area contributed by atoms with E-state index in [-0.39, 0.29) is 5.97 Å². The van der Waals surface area contributed by atoms with E-state index in [2.05, 4.69) is 9.64 Å². The molecule has 1 aliphatic heterocycles. The molecule has 82 valence electrons. The van der Waals surface area contributed by atoms with Gasteiger partial charge in [-0.05, 0) is 31.7 Å². The molecule has 0 saturated carbocycles. The molecule has 0 amide bonds. The van der Waals surface area contributed by atoms with Crippen LogP contribution in [-0.4, -0.2) is 49.1 Å². The second-order valence-electron chi connectivity index (χ2n) is 3.49. The minimum atomic E-state index is -0.0887. The van der Waals surface area contributed by atoms with Crippen molar-refractivity contribution < 1.29 is 9.53 Å². The minimum absolute atomic E-state index is 0.0887. The van der Waals surface area contributed by atoms with Crippen LogP contribution in [0.2, 0.25) is 0 Å². The molecule has 1 rings (SSSR count). The molecule has 0 atom stereocenters. The highest BCUT2D eigenvalue weighted by atomic mass is 32.2. The van der Waals surface area contributed by atoms with Crippen molar-refractivity contribution in [1.82, 2.24) is 4.90 Å². The van der Waals surface area contributed by atoms with Crippen LogP contribution in [0.3, 0.4) is 0 Å². The van der Waals surface area contributed by atoms with Crippen molar-refractivity contribution in [2.24, 2.45) is 0 Å². The van der Waals surface area contributed by atoms with E-state index in [9.17, 15) is 4.79 Å².